The minimum absolute atomic E-state index is 0.102. The quantitative estimate of drug-likeness (QED) is 0.837. The smallest absolute Gasteiger partial charge is 0.260 e. The van der Waals surface area contributed by atoms with E-state index in [1.54, 1.807) is 0 Å². The van der Waals surface area contributed by atoms with E-state index in [1.165, 1.54) is 12.8 Å². The molecule has 3 nitrogen and oxygen atoms in total. The molecule has 1 heterocycles. The molecule has 0 spiro atoms. The van der Waals surface area contributed by atoms with E-state index >= 15 is 0 Å². The van der Waals surface area contributed by atoms with E-state index in [2.05, 4.69) is 15.9 Å². The number of benzene rings is 1. The molecule has 1 saturated heterocycles. The van der Waals surface area contributed by atoms with Crippen LogP contribution in [0.3, 0.4) is 0 Å². The van der Waals surface area contributed by atoms with Crippen LogP contribution < -0.4 is 4.74 Å². The molecule has 0 atom stereocenters. The maximum Gasteiger partial charge on any atom is 0.260 e. The van der Waals surface area contributed by atoms with Gasteiger partial charge in [0.1, 0.15) is 5.75 Å². The second-order valence-corrected chi connectivity index (χ2v) is 6.25. The average Bonchev–Trinajstić information content (AvgIpc) is 2.71. The van der Waals surface area contributed by atoms with Crippen LogP contribution in [0.25, 0.3) is 0 Å². The SMILES string of the molecule is Cc1cc(OCC(=O)N2CCCCCC2)cc(C)c1Br. The summed E-state index contributed by atoms with van der Waals surface area (Å²) in [5, 5.41) is 0. The maximum absolute atomic E-state index is 12.2. The van der Waals surface area contributed by atoms with E-state index in [4.69, 9.17) is 4.74 Å². The number of carbonyl (C=O) groups is 1. The second kappa shape index (κ2) is 7.11. The normalized spacial score (nSPS) is 15.8. The minimum Gasteiger partial charge on any atom is -0.484 e. The van der Waals surface area contributed by atoms with E-state index in [0.717, 1.165) is 47.3 Å². The Morgan fingerprint density at radius 2 is 1.70 bits per heavy atom. The van der Waals surface area contributed by atoms with Crippen LogP contribution in [0.2, 0.25) is 0 Å². The van der Waals surface area contributed by atoms with Crippen LogP contribution in [-0.4, -0.2) is 30.5 Å². The van der Waals surface area contributed by atoms with Crippen LogP contribution in [-0.2, 0) is 4.79 Å². The number of hydrogen-bond donors (Lipinski definition) is 0. The van der Waals surface area contributed by atoms with E-state index in [9.17, 15) is 4.79 Å². The number of aryl methyl sites for hydroxylation is 2. The summed E-state index contributed by atoms with van der Waals surface area (Å²) >= 11 is 3.53. The third kappa shape index (κ3) is 3.98. The first-order valence-corrected chi connectivity index (χ1v) is 8.04. The van der Waals surface area contributed by atoms with E-state index in [-0.39, 0.29) is 12.5 Å². The summed E-state index contributed by atoms with van der Waals surface area (Å²) in [6.45, 7) is 5.95. The molecule has 4 heteroatoms. The minimum atomic E-state index is 0.102. The third-order valence-electron chi connectivity index (χ3n) is 3.73. The Hall–Kier alpha value is -1.03. The number of nitrogens with zero attached hydrogens (tertiary/aromatic N) is 1. The van der Waals surface area contributed by atoms with Crippen molar-refractivity contribution in [2.75, 3.05) is 19.7 Å². The lowest BCUT2D eigenvalue weighted by molar-refractivity contribution is -0.133. The molecule has 1 aromatic carbocycles. The number of hydrogen-bond acceptors (Lipinski definition) is 2. The zero-order valence-corrected chi connectivity index (χ0v) is 13.8. The van der Waals surface area contributed by atoms with Crippen LogP contribution >= 0.6 is 15.9 Å². The van der Waals surface area contributed by atoms with Gasteiger partial charge in [-0.05, 0) is 49.9 Å². The Labute approximate surface area is 129 Å². The Kier molecular flexibility index (Phi) is 5.46. The van der Waals surface area contributed by atoms with Crippen molar-refractivity contribution in [3.63, 3.8) is 0 Å². The molecule has 0 radical (unpaired) electrons. The first-order valence-electron chi connectivity index (χ1n) is 7.25. The highest BCUT2D eigenvalue weighted by Crippen LogP contribution is 2.26. The summed E-state index contributed by atoms with van der Waals surface area (Å²) < 4.78 is 6.77. The fourth-order valence-electron chi connectivity index (χ4n) is 2.55. The molecule has 2 rings (SSSR count). The molecule has 0 unspecified atom stereocenters. The molecule has 20 heavy (non-hydrogen) atoms. The standard InChI is InChI=1S/C16H22BrNO2/c1-12-9-14(10-13(2)16(12)17)20-11-15(19)18-7-5-3-4-6-8-18/h9-10H,3-8,11H2,1-2H3. The van der Waals surface area contributed by atoms with Crippen LogP contribution in [0.1, 0.15) is 36.8 Å². The van der Waals surface area contributed by atoms with Crippen molar-refractivity contribution in [1.82, 2.24) is 4.90 Å². The van der Waals surface area contributed by atoms with Gasteiger partial charge in [-0.1, -0.05) is 28.8 Å². The van der Waals surface area contributed by atoms with Crippen LogP contribution in [0.5, 0.6) is 5.75 Å². The highest BCUT2D eigenvalue weighted by Gasteiger charge is 2.16. The number of carbonyl (C=O) groups excluding carboxylic acids is 1. The van der Waals surface area contributed by atoms with Crippen molar-refractivity contribution in [1.29, 1.82) is 0 Å². The molecule has 1 aliphatic rings. The zero-order chi connectivity index (χ0) is 14.5. The highest BCUT2D eigenvalue weighted by atomic mass is 79.9. The molecule has 0 aromatic heterocycles. The Morgan fingerprint density at radius 1 is 1.15 bits per heavy atom. The third-order valence-corrected chi connectivity index (χ3v) is 4.98. The molecule has 0 N–H and O–H groups in total. The summed E-state index contributed by atoms with van der Waals surface area (Å²) in [4.78, 5) is 14.1. The topological polar surface area (TPSA) is 29.5 Å². The van der Waals surface area contributed by atoms with Crippen molar-refractivity contribution in [3.05, 3.63) is 27.7 Å². The van der Waals surface area contributed by atoms with Gasteiger partial charge in [0.25, 0.3) is 5.91 Å². The summed E-state index contributed by atoms with van der Waals surface area (Å²) in [5.74, 6) is 0.872. The number of amides is 1. The average molecular weight is 340 g/mol. The molecule has 110 valence electrons. The van der Waals surface area contributed by atoms with Crippen molar-refractivity contribution in [2.45, 2.75) is 39.5 Å². The largest absolute Gasteiger partial charge is 0.484 e. The van der Waals surface area contributed by atoms with Crippen molar-refractivity contribution < 1.29 is 9.53 Å². The van der Waals surface area contributed by atoms with Gasteiger partial charge in [0.05, 0.1) is 0 Å². The molecule has 1 aromatic rings. The lowest BCUT2D eigenvalue weighted by atomic mass is 10.1. The number of halogens is 1. The van der Waals surface area contributed by atoms with Gasteiger partial charge in [0.2, 0.25) is 0 Å². The fourth-order valence-corrected chi connectivity index (χ4v) is 2.77. The van der Waals surface area contributed by atoms with E-state index in [0.29, 0.717) is 0 Å². The molecule has 1 fully saturated rings. The Bertz CT molecular complexity index is 456. The number of likely N-dealkylation sites (tertiary alicyclic amines) is 1. The van der Waals surface area contributed by atoms with Crippen molar-refractivity contribution in [3.8, 4) is 5.75 Å². The van der Waals surface area contributed by atoms with Gasteiger partial charge in [-0.25, -0.2) is 0 Å². The Morgan fingerprint density at radius 3 is 2.25 bits per heavy atom. The van der Waals surface area contributed by atoms with Gasteiger partial charge >= 0.3 is 0 Å². The molecule has 0 saturated carbocycles. The first-order chi connectivity index (χ1) is 9.58. The van der Waals surface area contributed by atoms with Crippen LogP contribution in [0, 0.1) is 13.8 Å². The lowest BCUT2D eigenvalue weighted by Gasteiger charge is -2.20. The van der Waals surface area contributed by atoms with Crippen molar-refractivity contribution in [2.24, 2.45) is 0 Å². The van der Waals surface area contributed by atoms with Gasteiger partial charge in [-0.15, -0.1) is 0 Å². The van der Waals surface area contributed by atoms with Gasteiger partial charge in [0, 0.05) is 17.6 Å². The predicted octanol–water partition coefficient (Wildman–Crippen LogP) is 3.85. The molecular weight excluding hydrogens is 318 g/mol. The van der Waals surface area contributed by atoms with Gasteiger partial charge in [-0.2, -0.15) is 0 Å². The van der Waals surface area contributed by atoms with E-state index < -0.39 is 0 Å². The summed E-state index contributed by atoms with van der Waals surface area (Å²) in [6, 6.07) is 3.93. The first kappa shape index (κ1) is 15.4. The summed E-state index contributed by atoms with van der Waals surface area (Å²) in [6.07, 6.45) is 4.69. The molecule has 1 aliphatic heterocycles. The molecule has 0 aliphatic carbocycles. The Balaban J connectivity index is 1.92. The van der Waals surface area contributed by atoms with Crippen molar-refractivity contribution >= 4 is 21.8 Å². The number of ether oxygens (including phenoxy) is 1. The molecule has 1 amide bonds. The number of rotatable bonds is 3. The monoisotopic (exact) mass is 339 g/mol. The van der Waals surface area contributed by atoms with Crippen LogP contribution in [0.4, 0.5) is 0 Å². The van der Waals surface area contributed by atoms with Crippen LogP contribution in [0.15, 0.2) is 16.6 Å². The van der Waals surface area contributed by atoms with E-state index in [1.807, 2.05) is 30.9 Å². The fraction of sp³-hybridized carbons (Fsp3) is 0.562. The second-order valence-electron chi connectivity index (χ2n) is 5.45. The summed E-state index contributed by atoms with van der Waals surface area (Å²) in [7, 11) is 0. The predicted molar refractivity (Wildman–Crippen MR) is 84.2 cm³/mol. The van der Waals surface area contributed by atoms with Gasteiger partial charge in [-0.3, -0.25) is 4.79 Å². The maximum atomic E-state index is 12.2. The molecule has 0 bridgehead atoms. The van der Waals surface area contributed by atoms with Gasteiger partial charge in [0.15, 0.2) is 6.61 Å². The summed E-state index contributed by atoms with van der Waals surface area (Å²) in [5.41, 5.74) is 2.25. The highest BCUT2D eigenvalue weighted by molar-refractivity contribution is 9.10. The molecular formula is C16H22BrNO2. The van der Waals surface area contributed by atoms with Gasteiger partial charge < -0.3 is 9.64 Å². The lowest BCUT2D eigenvalue weighted by Crippen LogP contribution is -2.35. The zero-order valence-electron chi connectivity index (χ0n) is 12.2.